The fraction of sp³-hybridized carbons (Fsp3) is 0.600. The predicted molar refractivity (Wildman–Crippen MR) is 78.8 cm³/mol. The first kappa shape index (κ1) is 14.0. The van der Waals surface area contributed by atoms with Crippen LogP contribution in [0.3, 0.4) is 0 Å². The van der Waals surface area contributed by atoms with Gasteiger partial charge in [-0.15, -0.1) is 0 Å². The van der Waals surface area contributed by atoms with Crippen molar-refractivity contribution in [3.8, 4) is 0 Å². The molecule has 0 heterocycles. The lowest BCUT2D eigenvalue weighted by Gasteiger charge is -2.23. The summed E-state index contributed by atoms with van der Waals surface area (Å²) in [5.41, 5.74) is 0.858. The third-order valence-corrected chi connectivity index (χ3v) is 6.03. The maximum absolute atomic E-state index is 13.0. The first-order valence-corrected chi connectivity index (χ1v) is 8.81. The molecule has 2 aliphatic carbocycles. The normalized spacial score (nSPS) is 19.5. The van der Waals surface area contributed by atoms with E-state index in [1.807, 2.05) is 25.2 Å². The Labute approximate surface area is 121 Å². The average molecular weight is 294 g/mol. The summed E-state index contributed by atoms with van der Waals surface area (Å²) in [6.45, 7) is 1.29. The van der Waals surface area contributed by atoms with Crippen LogP contribution >= 0.6 is 0 Å². The van der Waals surface area contributed by atoms with E-state index in [9.17, 15) is 8.42 Å². The molecule has 0 aliphatic heterocycles. The van der Waals surface area contributed by atoms with E-state index in [0.717, 1.165) is 18.4 Å². The van der Waals surface area contributed by atoms with E-state index in [0.29, 0.717) is 23.9 Å². The van der Waals surface area contributed by atoms with Gasteiger partial charge in [0.05, 0.1) is 4.90 Å². The van der Waals surface area contributed by atoms with Gasteiger partial charge in [0.25, 0.3) is 0 Å². The Kier molecular flexibility index (Phi) is 3.84. The molecule has 5 heteroatoms. The second-order valence-corrected chi connectivity index (χ2v) is 7.75. The second kappa shape index (κ2) is 5.47. The minimum Gasteiger partial charge on any atom is -0.316 e. The first-order chi connectivity index (χ1) is 9.63. The number of nitrogens with one attached hydrogen (secondary N) is 1. The summed E-state index contributed by atoms with van der Waals surface area (Å²) in [7, 11) is -1.51. The quantitative estimate of drug-likeness (QED) is 0.836. The van der Waals surface area contributed by atoms with Crippen LogP contribution in [-0.2, 0) is 16.6 Å². The summed E-state index contributed by atoms with van der Waals surface area (Å²) in [4.78, 5) is 0.474. The highest BCUT2D eigenvalue weighted by atomic mass is 32.2. The number of rotatable bonds is 7. The van der Waals surface area contributed by atoms with E-state index in [1.165, 1.54) is 12.8 Å². The van der Waals surface area contributed by atoms with Crippen LogP contribution in [0.25, 0.3) is 0 Å². The smallest absolute Gasteiger partial charge is 0.243 e. The molecule has 2 fully saturated rings. The van der Waals surface area contributed by atoms with E-state index in [1.54, 1.807) is 10.4 Å². The Morgan fingerprint density at radius 3 is 2.50 bits per heavy atom. The van der Waals surface area contributed by atoms with Gasteiger partial charge in [-0.2, -0.15) is 4.31 Å². The molecule has 0 atom stereocenters. The van der Waals surface area contributed by atoms with Crippen LogP contribution in [0.15, 0.2) is 29.2 Å². The fourth-order valence-corrected chi connectivity index (χ4v) is 4.56. The molecule has 0 spiro atoms. The molecule has 1 aromatic rings. The van der Waals surface area contributed by atoms with E-state index >= 15 is 0 Å². The molecule has 0 saturated heterocycles. The molecule has 0 amide bonds. The van der Waals surface area contributed by atoms with Gasteiger partial charge in [0.2, 0.25) is 10.0 Å². The van der Waals surface area contributed by atoms with Crippen molar-refractivity contribution in [3.05, 3.63) is 29.8 Å². The topological polar surface area (TPSA) is 49.4 Å². The van der Waals surface area contributed by atoms with Crippen molar-refractivity contribution in [1.82, 2.24) is 9.62 Å². The predicted octanol–water partition coefficient (Wildman–Crippen LogP) is 1.97. The first-order valence-electron chi connectivity index (χ1n) is 7.37. The standard InChI is InChI=1S/C15H22N2O2S/c1-16-10-13-4-2-3-5-15(13)20(18,19)17(14-8-9-14)11-12-6-7-12/h2-5,12,14,16H,6-11H2,1H3. The second-order valence-electron chi connectivity index (χ2n) is 5.89. The van der Waals surface area contributed by atoms with Gasteiger partial charge in [-0.3, -0.25) is 0 Å². The highest BCUT2D eigenvalue weighted by molar-refractivity contribution is 7.89. The number of benzene rings is 1. The van der Waals surface area contributed by atoms with Crippen LogP contribution in [-0.4, -0.2) is 32.4 Å². The minimum atomic E-state index is -3.35. The van der Waals surface area contributed by atoms with Crippen molar-refractivity contribution in [2.75, 3.05) is 13.6 Å². The molecule has 2 saturated carbocycles. The summed E-state index contributed by atoms with van der Waals surface area (Å²) >= 11 is 0. The van der Waals surface area contributed by atoms with E-state index in [4.69, 9.17) is 0 Å². The Morgan fingerprint density at radius 2 is 1.90 bits per heavy atom. The average Bonchev–Trinajstić information content (AvgIpc) is 3.29. The van der Waals surface area contributed by atoms with Gasteiger partial charge in [-0.05, 0) is 50.3 Å². The highest BCUT2D eigenvalue weighted by Gasteiger charge is 2.41. The van der Waals surface area contributed by atoms with Crippen molar-refractivity contribution >= 4 is 10.0 Å². The summed E-state index contributed by atoms with van der Waals surface area (Å²) < 4.78 is 27.7. The molecule has 1 aromatic carbocycles. The molecule has 0 unspecified atom stereocenters. The SMILES string of the molecule is CNCc1ccccc1S(=O)(=O)N(CC1CC1)C1CC1. The van der Waals surface area contributed by atoms with Crippen molar-refractivity contribution in [1.29, 1.82) is 0 Å². The van der Waals surface area contributed by atoms with Crippen molar-refractivity contribution in [2.45, 2.75) is 43.2 Å². The van der Waals surface area contributed by atoms with Gasteiger partial charge in [-0.25, -0.2) is 8.42 Å². The molecular formula is C15H22N2O2S. The van der Waals surface area contributed by atoms with Gasteiger partial charge < -0.3 is 5.32 Å². The molecule has 4 nitrogen and oxygen atoms in total. The lowest BCUT2D eigenvalue weighted by atomic mass is 10.2. The third kappa shape index (κ3) is 2.90. The van der Waals surface area contributed by atoms with Crippen molar-refractivity contribution < 1.29 is 8.42 Å². The highest BCUT2D eigenvalue weighted by Crippen LogP contribution is 2.38. The zero-order valence-corrected chi connectivity index (χ0v) is 12.7. The van der Waals surface area contributed by atoms with Crippen LogP contribution in [0, 0.1) is 5.92 Å². The van der Waals surface area contributed by atoms with Crippen LogP contribution in [0.1, 0.15) is 31.2 Å². The molecule has 0 radical (unpaired) electrons. The van der Waals surface area contributed by atoms with Crippen LogP contribution in [0.5, 0.6) is 0 Å². The number of hydrogen-bond donors (Lipinski definition) is 1. The van der Waals surface area contributed by atoms with E-state index in [-0.39, 0.29) is 6.04 Å². The molecule has 1 N–H and O–H groups in total. The Bertz CT molecular complexity index is 577. The van der Waals surface area contributed by atoms with Crippen LogP contribution < -0.4 is 5.32 Å². The number of sulfonamides is 1. The molecule has 3 rings (SSSR count). The summed E-state index contributed by atoms with van der Waals surface area (Å²) in [5.74, 6) is 0.585. The molecule has 2 aliphatic rings. The maximum atomic E-state index is 13.0. The Morgan fingerprint density at radius 1 is 1.20 bits per heavy atom. The zero-order chi connectivity index (χ0) is 14.2. The van der Waals surface area contributed by atoms with Crippen LogP contribution in [0.4, 0.5) is 0 Å². The number of nitrogens with zero attached hydrogens (tertiary/aromatic N) is 1. The Balaban J connectivity index is 1.92. The monoisotopic (exact) mass is 294 g/mol. The molecule has 0 aromatic heterocycles. The van der Waals surface area contributed by atoms with Crippen LogP contribution in [0.2, 0.25) is 0 Å². The maximum Gasteiger partial charge on any atom is 0.243 e. The van der Waals surface area contributed by atoms with Crippen molar-refractivity contribution in [3.63, 3.8) is 0 Å². The lowest BCUT2D eigenvalue weighted by molar-refractivity contribution is 0.388. The van der Waals surface area contributed by atoms with Gasteiger partial charge >= 0.3 is 0 Å². The molecule has 20 heavy (non-hydrogen) atoms. The van der Waals surface area contributed by atoms with Gasteiger partial charge in [0.15, 0.2) is 0 Å². The fourth-order valence-electron chi connectivity index (χ4n) is 2.58. The molecule has 110 valence electrons. The van der Waals surface area contributed by atoms with E-state index in [2.05, 4.69) is 5.32 Å². The minimum absolute atomic E-state index is 0.239. The lowest BCUT2D eigenvalue weighted by Crippen LogP contribution is -2.35. The molecule has 0 bridgehead atoms. The third-order valence-electron chi connectivity index (χ3n) is 4.02. The summed E-state index contributed by atoms with van der Waals surface area (Å²) in [6, 6.07) is 7.58. The zero-order valence-electron chi connectivity index (χ0n) is 11.9. The Hall–Kier alpha value is -0.910. The summed E-state index contributed by atoms with van der Waals surface area (Å²) in [6.07, 6.45) is 4.38. The molecular weight excluding hydrogens is 272 g/mol. The van der Waals surface area contributed by atoms with Gasteiger partial charge in [0.1, 0.15) is 0 Å². The number of hydrogen-bond acceptors (Lipinski definition) is 3. The van der Waals surface area contributed by atoms with Gasteiger partial charge in [0, 0.05) is 19.1 Å². The van der Waals surface area contributed by atoms with Crippen molar-refractivity contribution in [2.24, 2.45) is 5.92 Å². The largest absolute Gasteiger partial charge is 0.316 e. The van der Waals surface area contributed by atoms with Gasteiger partial charge in [-0.1, -0.05) is 18.2 Å². The van der Waals surface area contributed by atoms with E-state index < -0.39 is 10.0 Å². The summed E-state index contributed by atoms with van der Waals surface area (Å²) in [5, 5.41) is 3.05.